The van der Waals surface area contributed by atoms with E-state index in [2.05, 4.69) is 10.3 Å². The Kier molecular flexibility index (Phi) is 6.38. The molecule has 27 heavy (non-hydrogen) atoms. The first-order chi connectivity index (χ1) is 13.2. The smallest absolute Gasteiger partial charge is 0.234 e. The lowest BCUT2D eigenvalue weighted by Crippen LogP contribution is -2.14. The molecule has 0 aliphatic carbocycles. The predicted molar refractivity (Wildman–Crippen MR) is 107 cm³/mol. The van der Waals surface area contributed by atoms with E-state index in [1.54, 1.807) is 13.3 Å². The lowest BCUT2D eigenvalue weighted by molar-refractivity contribution is -0.113. The number of thioether (sulfide) groups is 1. The van der Waals surface area contributed by atoms with E-state index in [1.165, 1.54) is 11.8 Å². The molecule has 7 heteroatoms. The number of carbonyl (C=O) groups is 1. The fraction of sp³-hybridized carbons (Fsp3) is 0.200. The minimum Gasteiger partial charge on any atom is -0.495 e. The summed E-state index contributed by atoms with van der Waals surface area (Å²) in [5.74, 6) is 1.68. The molecule has 2 aromatic carbocycles. The van der Waals surface area contributed by atoms with Gasteiger partial charge in [0.1, 0.15) is 11.5 Å². The molecule has 0 radical (unpaired) electrons. The molecular formula is C20H21N3O3S. The number of anilines is 1. The molecule has 0 aliphatic heterocycles. The van der Waals surface area contributed by atoms with Gasteiger partial charge in [-0.05, 0) is 43.3 Å². The molecule has 0 atom stereocenters. The van der Waals surface area contributed by atoms with Gasteiger partial charge in [0.25, 0.3) is 0 Å². The summed E-state index contributed by atoms with van der Waals surface area (Å²) in [6.45, 7) is 2.54. The van der Waals surface area contributed by atoms with E-state index in [-0.39, 0.29) is 11.7 Å². The first kappa shape index (κ1) is 18.8. The third-order valence-electron chi connectivity index (χ3n) is 3.73. The first-order valence-corrected chi connectivity index (χ1v) is 9.52. The maximum atomic E-state index is 12.3. The SMILES string of the molecule is CCOc1ccc(NC(=O)CSc2nccn2-c2ccccc2OC)cc1. The van der Waals surface area contributed by atoms with Gasteiger partial charge in [-0.1, -0.05) is 23.9 Å². The number of ether oxygens (including phenoxy) is 2. The van der Waals surface area contributed by atoms with Crippen LogP contribution in [0.4, 0.5) is 5.69 Å². The van der Waals surface area contributed by atoms with Crippen LogP contribution in [0.2, 0.25) is 0 Å². The maximum absolute atomic E-state index is 12.3. The number of carbonyl (C=O) groups excluding carboxylic acids is 1. The fourth-order valence-corrected chi connectivity index (χ4v) is 3.30. The molecule has 1 heterocycles. The average molecular weight is 383 g/mol. The quantitative estimate of drug-likeness (QED) is 0.596. The zero-order chi connectivity index (χ0) is 19.1. The molecule has 0 saturated heterocycles. The number of nitrogens with one attached hydrogen (secondary N) is 1. The largest absolute Gasteiger partial charge is 0.495 e. The van der Waals surface area contributed by atoms with Crippen molar-refractivity contribution in [1.82, 2.24) is 9.55 Å². The summed E-state index contributed by atoms with van der Waals surface area (Å²) in [4.78, 5) is 16.6. The van der Waals surface area contributed by atoms with Gasteiger partial charge in [0, 0.05) is 18.1 Å². The highest BCUT2D eigenvalue weighted by Crippen LogP contribution is 2.27. The van der Waals surface area contributed by atoms with E-state index in [0.29, 0.717) is 6.61 Å². The van der Waals surface area contributed by atoms with Crippen LogP contribution in [-0.2, 0) is 4.79 Å². The standard InChI is InChI=1S/C20H21N3O3S/c1-3-26-16-10-8-15(9-11-16)22-19(24)14-27-20-21-12-13-23(20)17-6-4-5-7-18(17)25-2/h4-13H,3,14H2,1-2H3,(H,22,24). The Hall–Kier alpha value is -2.93. The monoisotopic (exact) mass is 383 g/mol. The number of amides is 1. The summed E-state index contributed by atoms with van der Waals surface area (Å²) >= 11 is 1.37. The topological polar surface area (TPSA) is 65.4 Å². The zero-order valence-corrected chi connectivity index (χ0v) is 16.0. The second-order valence-corrected chi connectivity index (χ2v) is 6.49. The van der Waals surface area contributed by atoms with Crippen LogP contribution in [0.15, 0.2) is 66.1 Å². The summed E-state index contributed by atoms with van der Waals surface area (Å²) in [6.07, 6.45) is 3.56. The molecule has 0 bridgehead atoms. The Morgan fingerprint density at radius 2 is 1.96 bits per heavy atom. The third-order valence-corrected chi connectivity index (χ3v) is 4.70. The summed E-state index contributed by atoms with van der Waals surface area (Å²) in [6, 6.07) is 15.0. The Morgan fingerprint density at radius 3 is 2.70 bits per heavy atom. The second-order valence-electron chi connectivity index (χ2n) is 5.55. The third kappa shape index (κ3) is 4.83. The van der Waals surface area contributed by atoms with Gasteiger partial charge in [-0.25, -0.2) is 4.98 Å². The highest BCUT2D eigenvalue weighted by molar-refractivity contribution is 7.99. The second kappa shape index (κ2) is 9.14. The van der Waals surface area contributed by atoms with Crippen LogP contribution in [0.5, 0.6) is 11.5 Å². The normalized spacial score (nSPS) is 10.4. The molecule has 0 fully saturated rings. The number of hydrogen-bond acceptors (Lipinski definition) is 5. The summed E-state index contributed by atoms with van der Waals surface area (Å²) in [5.41, 5.74) is 1.61. The molecule has 0 spiro atoms. The molecule has 3 rings (SSSR count). The minimum atomic E-state index is -0.0984. The van der Waals surface area contributed by atoms with Gasteiger partial charge in [0.2, 0.25) is 5.91 Å². The highest BCUT2D eigenvalue weighted by atomic mass is 32.2. The van der Waals surface area contributed by atoms with Crippen LogP contribution < -0.4 is 14.8 Å². The van der Waals surface area contributed by atoms with Gasteiger partial charge < -0.3 is 14.8 Å². The van der Waals surface area contributed by atoms with Crippen molar-refractivity contribution in [2.45, 2.75) is 12.1 Å². The van der Waals surface area contributed by atoms with Crippen molar-refractivity contribution in [2.24, 2.45) is 0 Å². The van der Waals surface area contributed by atoms with E-state index in [9.17, 15) is 4.79 Å². The number of para-hydroxylation sites is 2. The van der Waals surface area contributed by atoms with Crippen LogP contribution in [-0.4, -0.2) is 34.9 Å². The summed E-state index contributed by atoms with van der Waals surface area (Å²) in [7, 11) is 1.63. The molecule has 1 amide bonds. The maximum Gasteiger partial charge on any atom is 0.234 e. The van der Waals surface area contributed by atoms with E-state index in [0.717, 1.165) is 28.0 Å². The number of hydrogen-bond donors (Lipinski definition) is 1. The molecule has 6 nitrogen and oxygen atoms in total. The number of nitrogens with zero attached hydrogens (tertiary/aromatic N) is 2. The zero-order valence-electron chi connectivity index (χ0n) is 15.2. The number of benzene rings is 2. The fourth-order valence-electron chi connectivity index (χ4n) is 2.54. The molecule has 1 N–H and O–H groups in total. The van der Waals surface area contributed by atoms with Crippen molar-refractivity contribution in [3.8, 4) is 17.2 Å². The van der Waals surface area contributed by atoms with E-state index >= 15 is 0 Å². The lowest BCUT2D eigenvalue weighted by Gasteiger charge is -2.11. The van der Waals surface area contributed by atoms with E-state index in [1.807, 2.05) is 66.2 Å². The Morgan fingerprint density at radius 1 is 1.19 bits per heavy atom. The van der Waals surface area contributed by atoms with Gasteiger partial charge in [-0.15, -0.1) is 0 Å². The van der Waals surface area contributed by atoms with Gasteiger partial charge >= 0.3 is 0 Å². The van der Waals surface area contributed by atoms with Gasteiger partial charge in [-0.2, -0.15) is 0 Å². The predicted octanol–water partition coefficient (Wildman–Crippen LogP) is 4.01. The average Bonchev–Trinajstić information content (AvgIpc) is 3.16. The minimum absolute atomic E-state index is 0.0984. The molecule has 0 aliphatic rings. The number of rotatable bonds is 8. The van der Waals surface area contributed by atoms with Crippen molar-refractivity contribution in [2.75, 3.05) is 24.8 Å². The van der Waals surface area contributed by atoms with Crippen molar-refractivity contribution in [3.05, 3.63) is 60.9 Å². The summed E-state index contributed by atoms with van der Waals surface area (Å²) in [5, 5.41) is 3.60. The van der Waals surface area contributed by atoms with Gasteiger partial charge in [0.15, 0.2) is 5.16 Å². The van der Waals surface area contributed by atoms with Crippen LogP contribution in [0.3, 0.4) is 0 Å². The first-order valence-electron chi connectivity index (χ1n) is 8.53. The Balaban J connectivity index is 1.62. The molecule has 1 aromatic heterocycles. The van der Waals surface area contributed by atoms with E-state index in [4.69, 9.17) is 9.47 Å². The van der Waals surface area contributed by atoms with Crippen molar-refractivity contribution >= 4 is 23.4 Å². The van der Waals surface area contributed by atoms with Crippen LogP contribution in [0.1, 0.15) is 6.92 Å². The lowest BCUT2D eigenvalue weighted by atomic mass is 10.3. The number of imidazole rings is 1. The Labute approximate surface area is 162 Å². The van der Waals surface area contributed by atoms with Crippen molar-refractivity contribution in [3.63, 3.8) is 0 Å². The van der Waals surface area contributed by atoms with Crippen LogP contribution in [0, 0.1) is 0 Å². The number of methoxy groups -OCH3 is 1. The molecule has 0 saturated carbocycles. The van der Waals surface area contributed by atoms with Gasteiger partial charge in [-0.3, -0.25) is 9.36 Å². The van der Waals surface area contributed by atoms with Crippen LogP contribution >= 0.6 is 11.8 Å². The molecule has 3 aromatic rings. The van der Waals surface area contributed by atoms with E-state index < -0.39 is 0 Å². The molecular weight excluding hydrogens is 362 g/mol. The van der Waals surface area contributed by atoms with Gasteiger partial charge in [0.05, 0.1) is 25.2 Å². The highest BCUT2D eigenvalue weighted by Gasteiger charge is 2.12. The van der Waals surface area contributed by atoms with Crippen LogP contribution in [0.25, 0.3) is 5.69 Å². The van der Waals surface area contributed by atoms with Crippen molar-refractivity contribution < 1.29 is 14.3 Å². The Bertz CT molecular complexity index is 893. The molecule has 140 valence electrons. The molecule has 0 unspecified atom stereocenters. The number of aromatic nitrogens is 2. The summed E-state index contributed by atoms with van der Waals surface area (Å²) < 4.78 is 12.7. The van der Waals surface area contributed by atoms with Crippen molar-refractivity contribution in [1.29, 1.82) is 0 Å².